The zero-order chi connectivity index (χ0) is 19.5. The van der Waals surface area contributed by atoms with Crippen molar-refractivity contribution in [3.63, 3.8) is 0 Å². The van der Waals surface area contributed by atoms with E-state index in [1.165, 1.54) is 0 Å². The van der Waals surface area contributed by atoms with Gasteiger partial charge in [-0.05, 0) is 17.7 Å². The Labute approximate surface area is 157 Å². The number of carbonyl (C=O) groups excluding carboxylic acids is 1. The molecule has 0 aliphatic rings. The lowest BCUT2D eigenvalue weighted by Gasteiger charge is -2.15. The fraction of sp³-hybridized carbons (Fsp3) is 0.476. The Kier molecular flexibility index (Phi) is 6.01. The van der Waals surface area contributed by atoms with Crippen molar-refractivity contribution in [2.24, 2.45) is 10.5 Å². The Morgan fingerprint density at radius 3 is 2.35 bits per heavy atom. The Balaban J connectivity index is 2.25. The maximum absolute atomic E-state index is 12.4. The van der Waals surface area contributed by atoms with Crippen LogP contribution >= 0.6 is 0 Å². The first-order valence-corrected chi connectivity index (χ1v) is 9.05. The van der Waals surface area contributed by atoms with Crippen molar-refractivity contribution in [3.05, 3.63) is 48.0 Å². The van der Waals surface area contributed by atoms with E-state index >= 15 is 0 Å². The predicted molar refractivity (Wildman–Crippen MR) is 107 cm³/mol. The van der Waals surface area contributed by atoms with Gasteiger partial charge in [0.1, 0.15) is 12.7 Å². The minimum atomic E-state index is -0.346. The molecule has 0 N–H and O–H groups in total. The zero-order valence-electron chi connectivity index (χ0n) is 17.0. The van der Waals surface area contributed by atoms with Gasteiger partial charge in [-0.1, -0.05) is 51.9 Å². The van der Waals surface area contributed by atoms with Crippen molar-refractivity contribution < 1.29 is 9.36 Å². The minimum absolute atomic E-state index is 0.213. The second-order valence-corrected chi connectivity index (χ2v) is 8.19. The number of benzene rings is 1. The van der Waals surface area contributed by atoms with E-state index in [1.807, 2.05) is 62.7 Å². The van der Waals surface area contributed by atoms with Crippen molar-refractivity contribution in [2.75, 3.05) is 19.0 Å². The van der Waals surface area contributed by atoms with E-state index < -0.39 is 0 Å². The lowest BCUT2D eigenvalue weighted by Crippen LogP contribution is -2.44. The molecule has 0 aliphatic carbocycles. The summed E-state index contributed by atoms with van der Waals surface area (Å²) in [5.41, 5.74) is 1.85. The summed E-state index contributed by atoms with van der Waals surface area (Å²) in [4.78, 5) is 14.5. The zero-order valence-corrected chi connectivity index (χ0v) is 17.0. The molecule has 5 heteroatoms. The minimum Gasteiger partial charge on any atom is -0.378 e. The number of aromatic nitrogens is 2. The normalized spacial score (nSPS) is 12.2. The van der Waals surface area contributed by atoms with E-state index in [2.05, 4.69) is 48.1 Å². The first-order valence-electron chi connectivity index (χ1n) is 9.05. The van der Waals surface area contributed by atoms with Crippen LogP contribution in [0.3, 0.4) is 0 Å². The summed E-state index contributed by atoms with van der Waals surface area (Å²) < 4.78 is 3.87. The van der Waals surface area contributed by atoms with Crippen LogP contribution in [0.5, 0.6) is 0 Å². The highest BCUT2D eigenvalue weighted by Crippen LogP contribution is 2.16. The largest absolute Gasteiger partial charge is 0.378 e. The Morgan fingerprint density at radius 2 is 1.85 bits per heavy atom. The number of carbonyl (C=O) groups is 1. The van der Waals surface area contributed by atoms with Gasteiger partial charge in [-0.15, -0.1) is 4.68 Å². The molecule has 0 atom stereocenters. The monoisotopic (exact) mass is 355 g/mol. The Hall–Kier alpha value is -2.43. The molecule has 0 unspecified atom stereocenters. The number of anilines is 1. The molecule has 0 spiro atoms. The summed E-state index contributed by atoms with van der Waals surface area (Å²) in [6.45, 7) is 10.5. The third-order valence-corrected chi connectivity index (χ3v) is 4.32. The van der Waals surface area contributed by atoms with Crippen LogP contribution in [-0.4, -0.2) is 30.8 Å². The van der Waals surface area contributed by atoms with Crippen LogP contribution in [0.4, 0.5) is 5.69 Å². The van der Waals surface area contributed by atoms with E-state index in [4.69, 9.17) is 0 Å². The van der Waals surface area contributed by atoms with Gasteiger partial charge >= 0.3 is 0 Å². The van der Waals surface area contributed by atoms with Crippen molar-refractivity contribution in [3.8, 4) is 0 Å². The second kappa shape index (κ2) is 7.85. The molecule has 2 aromatic rings. The maximum atomic E-state index is 12.4. The van der Waals surface area contributed by atoms with E-state index in [0.29, 0.717) is 6.54 Å². The van der Waals surface area contributed by atoms with Crippen molar-refractivity contribution in [1.82, 2.24) is 4.68 Å². The highest BCUT2D eigenvalue weighted by atomic mass is 16.1. The summed E-state index contributed by atoms with van der Waals surface area (Å²) >= 11 is 0. The highest BCUT2D eigenvalue weighted by molar-refractivity contribution is 5.82. The molecule has 1 aromatic heterocycles. The molecule has 0 amide bonds. The van der Waals surface area contributed by atoms with Gasteiger partial charge < -0.3 is 4.90 Å². The highest BCUT2D eigenvalue weighted by Gasteiger charge is 2.28. The quantitative estimate of drug-likeness (QED) is 0.588. The number of hydrogen-bond acceptors (Lipinski definition) is 3. The number of ketones is 1. The van der Waals surface area contributed by atoms with E-state index in [9.17, 15) is 4.79 Å². The lowest BCUT2D eigenvalue weighted by molar-refractivity contribution is -0.692. The van der Waals surface area contributed by atoms with Gasteiger partial charge in [0.25, 0.3) is 5.82 Å². The summed E-state index contributed by atoms with van der Waals surface area (Å²) in [7, 11) is 4.05. The number of Topliss-reactive ketones (excluding diaryl/α,β-unsaturated/α-hetero) is 1. The fourth-order valence-electron chi connectivity index (χ4n) is 2.63. The number of nitrogens with zero attached hydrogens (tertiary/aromatic N) is 4. The molecule has 0 saturated carbocycles. The van der Waals surface area contributed by atoms with Crippen LogP contribution < -0.4 is 9.47 Å². The molecule has 0 saturated heterocycles. The van der Waals surface area contributed by atoms with Crippen molar-refractivity contribution in [1.29, 1.82) is 0 Å². The van der Waals surface area contributed by atoms with E-state index in [1.54, 1.807) is 0 Å². The molecular formula is C21H31N4O+. The third kappa shape index (κ3) is 4.81. The predicted octanol–water partition coefficient (Wildman–Crippen LogP) is 3.46. The average molecular weight is 356 g/mol. The van der Waals surface area contributed by atoms with E-state index in [0.717, 1.165) is 17.1 Å². The molecule has 26 heavy (non-hydrogen) atoms. The van der Waals surface area contributed by atoms with Crippen LogP contribution in [-0.2, 0) is 11.3 Å². The topological polar surface area (TPSA) is 41.5 Å². The molecule has 140 valence electrons. The van der Waals surface area contributed by atoms with Crippen LogP contribution in [0.2, 0.25) is 0 Å². The number of imidazole rings is 1. The van der Waals surface area contributed by atoms with Crippen LogP contribution in [0.15, 0.2) is 41.8 Å². The Morgan fingerprint density at radius 1 is 1.23 bits per heavy atom. The van der Waals surface area contributed by atoms with Gasteiger partial charge in [0.05, 0.1) is 12.1 Å². The van der Waals surface area contributed by atoms with Gasteiger partial charge in [0, 0.05) is 25.2 Å². The summed E-state index contributed by atoms with van der Waals surface area (Å²) in [6, 6.07) is 8.24. The average Bonchev–Trinajstić information content (AvgIpc) is 2.95. The molecule has 0 aliphatic heterocycles. The van der Waals surface area contributed by atoms with E-state index in [-0.39, 0.29) is 17.1 Å². The fourth-order valence-corrected chi connectivity index (χ4v) is 2.63. The standard InChI is InChI=1S/C21H31N4O/c1-16(2)20-24(15-19(26)21(3,4)5)12-13-25(20)22-14-17-8-10-18(11-9-17)23(6)7/h8-14,16H,15H2,1-7H3/q+1/b22-14-. The van der Waals surface area contributed by atoms with Crippen molar-refractivity contribution in [2.45, 2.75) is 47.1 Å². The molecule has 1 heterocycles. The third-order valence-electron chi connectivity index (χ3n) is 4.32. The molecular weight excluding hydrogens is 324 g/mol. The van der Waals surface area contributed by atoms with Crippen molar-refractivity contribution >= 4 is 17.7 Å². The van der Waals surface area contributed by atoms with Crippen LogP contribution in [0, 0.1) is 5.41 Å². The van der Waals surface area contributed by atoms with Gasteiger partial charge in [0.2, 0.25) is 0 Å². The SMILES string of the molecule is CC(C)c1n(/N=C\c2ccc(N(C)C)cc2)cc[n+]1CC(=O)C(C)(C)C. The lowest BCUT2D eigenvalue weighted by atomic mass is 9.91. The van der Waals surface area contributed by atoms with Gasteiger partial charge in [-0.2, -0.15) is 0 Å². The molecule has 0 bridgehead atoms. The first kappa shape index (κ1) is 19.9. The molecule has 0 radical (unpaired) electrons. The second-order valence-electron chi connectivity index (χ2n) is 8.19. The van der Waals surface area contributed by atoms with Crippen LogP contribution in [0.1, 0.15) is 51.9 Å². The van der Waals surface area contributed by atoms with Crippen LogP contribution in [0.25, 0.3) is 0 Å². The van der Waals surface area contributed by atoms with Gasteiger partial charge in [0.15, 0.2) is 12.0 Å². The summed E-state index contributed by atoms with van der Waals surface area (Å²) in [6.07, 6.45) is 5.70. The number of hydrogen-bond donors (Lipinski definition) is 0. The number of rotatable bonds is 6. The summed E-state index contributed by atoms with van der Waals surface area (Å²) in [5.74, 6) is 1.49. The Bertz CT molecular complexity index is 777. The molecule has 2 rings (SSSR count). The maximum Gasteiger partial charge on any atom is 0.284 e. The first-order chi connectivity index (χ1) is 12.1. The molecule has 0 fully saturated rings. The molecule has 1 aromatic carbocycles. The van der Waals surface area contributed by atoms with Gasteiger partial charge in [-0.3, -0.25) is 4.79 Å². The van der Waals surface area contributed by atoms with Gasteiger partial charge in [-0.25, -0.2) is 4.57 Å². The summed E-state index contributed by atoms with van der Waals surface area (Å²) in [5, 5.41) is 4.61. The smallest absolute Gasteiger partial charge is 0.284 e. The molecule has 5 nitrogen and oxygen atoms in total.